The molecule has 1 heterocycles. The molecule has 0 saturated heterocycles. The molecule has 0 amide bonds. The molecule has 6 heteroatoms. The molecule has 6 nitrogen and oxygen atoms in total. The van der Waals surface area contributed by atoms with E-state index in [0.717, 1.165) is 33.5 Å². The number of methoxy groups -OCH3 is 2. The number of anilines is 1. The number of hydrazone groups is 1. The van der Waals surface area contributed by atoms with Crippen LogP contribution in [0.5, 0.6) is 11.5 Å². The minimum Gasteiger partial charge on any atom is -0.497 e. The Bertz CT molecular complexity index is 1200. The molecule has 4 aromatic rings. The van der Waals surface area contributed by atoms with Crippen molar-refractivity contribution in [2.75, 3.05) is 19.6 Å². The zero-order valence-corrected chi connectivity index (χ0v) is 17.1. The lowest BCUT2D eigenvalue weighted by atomic mass is 10.1. The highest BCUT2D eigenvalue weighted by atomic mass is 16.5. The standard InChI is InChI=1S/C24H22N4O2/c1-16-8-10-17(11-9-16)23-20-6-4-5-7-21(20)26-24(27-23)28-25-15-18-12-13-19(29-2)14-22(18)30-3/h4-15H,1-3H3,(H,26,27,28). The summed E-state index contributed by atoms with van der Waals surface area (Å²) < 4.78 is 10.6. The van der Waals surface area contributed by atoms with E-state index in [0.29, 0.717) is 11.7 Å². The smallest absolute Gasteiger partial charge is 0.244 e. The van der Waals surface area contributed by atoms with Gasteiger partial charge < -0.3 is 9.47 Å². The van der Waals surface area contributed by atoms with Gasteiger partial charge in [0.15, 0.2) is 0 Å². The fraction of sp³-hybridized carbons (Fsp3) is 0.125. The number of ether oxygens (including phenoxy) is 2. The van der Waals surface area contributed by atoms with Crippen molar-refractivity contribution in [3.8, 4) is 22.8 Å². The second kappa shape index (κ2) is 8.61. The van der Waals surface area contributed by atoms with E-state index < -0.39 is 0 Å². The Morgan fingerprint density at radius 2 is 1.70 bits per heavy atom. The first-order valence-electron chi connectivity index (χ1n) is 9.53. The normalized spacial score (nSPS) is 11.0. The topological polar surface area (TPSA) is 68.6 Å². The molecule has 0 fully saturated rings. The van der Waals surface area contributed by atoms with Crippen molar-refractivity contribution >= 4 is 23.1 Å². The third-order valence-corrected chi connectivity index (χ3v) is 4.74. The number of fused-ring (bicyclic) bond motifs is 1. The van der Waals surface area contributed by atoms with Crippen LogP contribution in [-0.2, 0) is 0 Å². The van der Waals surface area contributed by atoms with Crippen LogP contribution in [-0.4, -0.2) is 30.4 Å². The van der Waals surface area contributed by atoms with Crippen LogP contribution in [0.3, 0.4) is 0 Å². The molecule has 0 bridgehead atoms. The minimum atomic E-state index is 0.424. The van der Waals surface area contributed by atoms with Crippen molar-refractivity contribution in [3.63, 3.8) is 0 Å². The molecule has 0 unspecified atom stereocenters. The number of hydrogen-bond donors (Lipinski definition) is 1. The van der Waals surface area contributed by atoms with Crippen LogP contribution in [0, 0.1) is 6.92 Å². The Morgan fingerprint density at radius 1 is 0.900 bits per heavy atom. The molecule has 150 valence electrons. The zero-order chi connectivity index (χ0) is 20.9. The third-order valence-electron chi connectivity index (χ3n) is 4.74. The largest absolute Gasteiger partial charge is 0.497 e. The predicted octanol–water partition coefficient (Wildman–Crippen LogP) is 5.07. The van der Waals surface area contributed by atoms with E-state index in [2.05, 4.69) is 46.7 Å². The summed E-state index contributed by atoms with van der Waals surface area (Å²) in [6, 6.07) is 21.8. The van der Waals surface area contributed by atoms with E-state index in [-0.39, 0.29) is 0 Å². The molecule has 0 saturated carbocycles. The Balaban J connectivity index is 1.67. The molecule has 0 aliphatic carbocycles. The van der Waals surface area contributed by atoms with Crippen LogP contribution in [0.25, 0.3) is 22.2 Å². The molecule has 30 heavy (non-hydrogen) atoms. The van der Waals surface area contributed by atoms with E-state index in [1.165, 1.54) is 5.56 Å². The van der Waals surface area contributed by atoms with Crippen LogP contribution < -0.4 is 14.9 Å². The zero-order valence-electron chi connectivity index (χ0n) is 17.1. The molecular weight excluding hydrogens is 376 g/mol. The average molecular weight is 398 g/mol. The number of aromatic nitrogens is 2. The summed E-state index contributed by atoms with van der Waals surface area (Å²) in [5.41, 5.74) is 7.70. The van der Waals surface area contributed by atoms with E-state index in [1.54, 1.807) is 20.4 Å². The minimum absolute atomic E-state index is 0.424. The van der Waals surface area contributed by atoms with Gasteiger partial charge in [0, 0.05) is 22.6 Å². The Morgan fingerprint density at radius 3 is 2.47 bits per heavy atom. The highest BCUT2D eigenvalue weighted by Gasteiger charge is 2.09. The maximum Gasteiger partial charge on any atom is 0.244 e. The molecule has 4 rings (SSSR count). The van der Waals surface area contributed by atoms with Crippen molar-refractivity contribution < 1.29 is 9.47 Å². The van der Waals surface area contributed by atoms with E-state index in [4.69, 9.17) is 14.5 Å². The second-order valence-electron chi connectivity index (χ2n) is 6.76. The molecule has 0 spiro atoms. The van der Waals surface area contributed by atoms with Gasteiger partial charge in [0.2, 0.25) is 5.95 Å². The van der Waals surface area contributed by atoms with Gasteiger partial charge in [0.1, 0.15) is 11.5 Å². The molecular formula is C24H22N4O2. The van der Waals surface area contributed by atoms with Crippen molar-refractivity contribution in [1.29, 1.82) is 0 Å². The van der Waals surface area contributed by atoms with Crippen molar-refractivity contribution in [2.24, 2.45) is 5.10 Å². The summed E-state index contributed by atoms with van der Waals surface area (Å²) in [7, 11) is 3.23. The number of para-hydroxylation sites is 1. The van der Waals surface area contributed by atoms with Crippen molar-refractivity contribution in [2.45, 2.75) is 6.92 Å². The van der Waals surface area contributed by atoms with Crippen molar-refractivity contribution in [3.05, 3.63) is 77.9 Å². The maximum absolute atomic E-state index is 5.40. The molecule has 1 aromatic heterocycles. The lowest BCUT2D eigenvalue weighted by Gasteiger charge is -2.09. The maximum atomic E-state index is 5.40. The van der Waals surface area contributed by atoms with Gasteiger partial charge in [0.05, 0.1) is 31.6 Å². The first-order valence-corrected chi connectivity index (χ1v) is 9.53. The highest BCUT2D eigenvalue weighted by molar-refractivity contribution is 5.93. The van der Waals surface area contributed by atoms with Gasteiger partial charge in [-0.15, -0.1) is 0 Å². The van der Waals surface area contributed by atoms with Crippen LogP contribution in [0.1, 0.15) is 11.1 Å². The average Bonchev–Trinajstić information content (AvgIpc) is 2.79. The van der Waals surface area contributed by atoms with Gasteiger partial charge >= 0.3 is 0 Å². The summed E-state index contributed by atoms with van der Waals surface area (Å²) in [5, 5.41) is 5.30. The highest BCUT2D eigenvalue weighted by Crippen LogP contribution is 2.27. The van der Waals surface area contributed by atoms with Crippen LogP contribution in [0.4, 0.5) is 5.95 Å². The SMILES string of the molecule is COc1ccc(C=NNc2nc(-c3ccc(C)cc3)c3ccccc3n2)c(OC)c1. The number of benzene rings is 3. The summed E-state index contributed by atoms with van der Waals surface area (Å²) >= 11 is 0. The predicted molar refractivity (Wildman–Crippen MR) is 120 cm³/mol. The van der Waals surface area contributed by atoms with Gasteiger partial charge in [-0.25, -0.2) is 15.4 Å². The summed E-state index contributed by atoms with van der Waals surface area (Å²) in [6.07, 6.45) is 1.67. The Hall–Kier alpha value is -3.93. The monoisotopic (exact) mass is 398 g/mol. The van der Waals surface area contributed by atoms with Crippen LogP contribution >= 0.6 is 0 Å². The molecule has 0 atom stereocenters. The molecule has 0 radical (unpaired) electrons. The fourth-order valence-corrected chi connectivity index (χ4v) is 3.14. The van der Waals surface area contributed by atoms with E-state index >= 15 is 0 Å². The molecule has 0 aliphatic heterocycles. The van der Waals surface area contributed by atoms with Crippen molar-refractivity contribution in [1.82, 2.24) is 9.97 Å². The first kappa shape index (κ1) is 19.4. The number of rotatable bonds is 6. The van der Waals surface area contributed by atoms with Gasteiger partial charge in [0.25, 0.3) is 0 Å². The fourth-order valence-electron chi connectivity index (χ4n) is 3.14. The van der Waals surface area contributed by atoms with E-state index in [9.17, 15) is 0 Å². The summed E-state index contributed by atoms with van der Waals surface area (Å²) in [6.45, 7) is 2.07. The molecule has 0 aliphatic rings. The van der Waals surface area contributed by atoms with Gasteiger partial charge in [-0.1, -0.05) is 48.0 Å². The Labute approximate surface area is 175 Å². The van der Waals surface area contributed by atoms with Crippen LogP contribution in [0.2, 0.25) is 0 Å². The Kier molecular flexibility index (Phi) is 5.57. The second-order valence-corrected chi connectivity index (χ2v) is 6.76. The van der Waals surface area contributed by atoms with E-state index in [1.807, 2.05) is 42.5 Å². The van der Waals surface area contributed by atoms with Crippen LogP contribution in [0.15, 0.2) is 71.8 Å². The lowest BCUT2D eigenvalue weighted by molar-refractivity contribution is 0.394. The number of nitrogens with one attached hydrogen (secondary N) is 1. The number of nitrogens with zero attached hydrogens (tertiary/aromatic N) is 3. The third kappa shape index (κ3) is 4.07. The van der Waals surface area contributed by atoms with Gasteiger partial charge in [-0.05, 0) is 25.1 Å². The van der Waals surface area contributed by atoms with Gasteiger partial charge in [-0.3, -0.25) is 0 Å². The van der Waals surface area contributed by atoms with Gasteiger partial charge in [-0.2, -0.15) is 5.10 Å². The quantitative estimate of drug-likeness (QED) is 0.363. The number of hydrogen-bond acceptors (Lipinski definition) is 6. The molecule has 1 N–H and O–H groups in total. The molecule has 3 aromatic carbocycles. The number of aryl methyl sites for hydroxylation is 1. The lowest BCUT2D eigenvalue weighted by Crippen LogP contribution is -2.00. The first-order chi connectivity index (χ1) is 14.7. The summed E-state index contributed by atoms with van der Waals surface area (Å²) in [4.78, 5) is 9.31. The summed E-state index contributed by atoms with van der Waals surface area (Å²) in [5.74, 6) is 1.81.